The molecule has 1 aliphatic rings. The Kier molecular flexibility index (Phi) is 3.41. The van der Waals surface area contributed by atoms with E-state index in [-0.39, 0.29) is 10.3 Å². The molecule has 0 bridgehead atoms. The van der Waals surface area contributed by atoms with E-state index in [1.165, 1.54) is 6.07 Å². The highest BCUT2D eigenvalue weighted by Crippen LogP contribution is 2.37. The molecule has 8 nitrogen and oxygen atoms in total. The lowest BCUT2D eigenvalue weighted by molar-refractivity contribution is 0.377. The van der Waals surface area contributed by atoms with Gasteiger partial charge in [-0.05, 0) is 29.0 Å². The second-order valence-electron chi connectivity index (χ2n) is 6.30. The fraction of sp³-hybridized carbons (Fsp3) is 0.462. The van der Waals surface area contributed by atoms with Crippen LogP contribution in [0.4, 0.5) is 5.69 Å². The Balaban J connectivity index is 2.10. The van der Waals surface area contributed by atoms with Crippen molar-refractivity contribution in [3.8, 4) is 0 Å². The van der Waals surface area contributed by atoms with Crippen LogP contribution in [0.3, 0.4) is 0 Å². The molecule has 0 spiro atoms. The quantitative estimate of drug-likeness (QED) is 0.721. The molecule has 1 aliphatic heterocycles. The SMILES string of the molecule is CC1(C)CNc2c(cc(Cc3nn[nH]n3)cc2S(=O)(=O)O)C1. The van der Waals surface area contributed by atoms with Crippen molar-refractivity contribution in [2.24, 2.45) is 5.41 Å². The molecule has 0 radical (unpaired) electrons. The molecule has 0 saturated heterocycles. The van der Waals surface area contributed by atoms with Gasteiger partial charge in [0.05, 0.1) is 5.69 Å². The second kappa shape index (κ2) is 5.03. The summed E-state index contributed by atoms with van der Waals surface area (Å²) in [5, 5.41) is 16.7. The molecule has 1 aromatic heterocycles. The number of nitrogens with zero attached hydrogens (tertiary/aromatic N) is 3. The van der Waals surface area contributed by atoms with E-state index in [0.29, 0.717) is 30.0 Å². The highest BCUT2D eigenvalue weighted by molar-refractivity contribution is 7.86. The molecule has 0 atom stereocenters. The van der Waals surface area contributed by atoms with Gasteiger partial charge in [-0.2, -0.15) is 13.6 Å². The minimum absolute atomic E-state index is 0.00819. The zero-order chi connectivity index (χ0) is 16.0. The molecule has 2 aromatic rings. The average molecular weight is 323 g/mol. The van der Waals surface area contributed by atoms with Crippen LogP contribution in [-0.2, 0) is 23.0 Å². The van der Waals surface area contributed by atoms with Crippen LogP contribution in [0.5, 0.6) is 0 Å². The molecule has 0 aliphatic carbocycles. The van der Waals surface area contributed by atoms with Gasteiger partial charge in [0.15, 0.2) is 5.82 Å². The number of hydrogen-bond acceptors (Lipinski definition) is 6. The molecule has 22 heavy (non-hydrogen) atoms. The molecule has 3 N–H and O–H groups in total. The molecule has 9 heteroatoms. The fourth-order valence-corrected chi connectivity index (χ4v) is 3.49. The summed E-state index contributed by atoms with van der Waals surface area (Å²) in [5.41, 5.74) is 2.07. The van der Waals surface area contributed by atoms with Gasteiger partial charge < -0.3 is 5.32 Å². The third-order valence-electron chi connectivity index (χ3n) is 3.69. The third kappa shape index (κ3) is 2.95. The van der Waals surface area contributed by atoms with Crippen LogP contribution in [0.2, 0.25) is 0 Å². The van der Waals surface area contributed by atoms with E-state index < -0.39 is 10.1 Å². The molecule has 2 heterocycles. The molecular formula is C13H17N5O3S. The first-order valence-corrected chi connectivity index (χ1v) is 8.28. The lowest BCUT2D eigenvalue weighted by Gasteiger charge is -2.33. The van der Waals surface area contributed by atoms with Gasteiger partial charge in [0.1, 0.15) is 4.90 Å². The summed E-state index contributed by atoms with van der Waals surface area (Å²) in [4.78, 5) is -0.0982. The first-order valence-electron chi connectivity index (χ1n) is 6.84. The predicted octanol–water partition coefficient (Wildman–Crippen LogP) is 1.03. The summed E-state index contributed by atoms with van der Waals surface area (Å²) in [6.07, 6.45) is 1.06. The maximum absolute atomic E-state index is 11.7. The summed E-state index contributed by atoms with van der Waals surface area (Å²) in [7, 11) is -4.31. The molecule has 0 amide bonds. The number of aromatic nitrogens is 4. The van der Waals surface area contributed by atoms with Gasteiger partial charge >= 0.3 is 0 Å². The van der Waals surface area contributed by atoms with Crippen molar-refractivity contribution in [2.45, 2.75) is 31.6 Å². The van der Waals surface area contributed by atoms with Crippen LogP contribution in [0, 0.1) is 5.41 Å². The Hall–Kier alpha value is -2.00. The summed E-state index contributed by atoms with van der Waals surface area (Å²) >= 11 is 0. The average Bonchev–Trinajstić information content (AvgIpc) is 2.88. The van der Waals surface area contributed by atoms with Gasteiger partial charge in [-0.15, -0.1) is 10.2 Å². The van der Waals surface area contributed by atoms with Crippen LogP contribution < -0.4 is 5.32 Å². The van der Waals surface area contributed by atoms with Crippen molar-refractivity contribution in [3.05, 3.63) is 29.1 Å². The number of hydrogen-bond donors (Lipinski definition) is 3. The van der Waals surface area contributed by atoms with Crippen LogP contribution >= 0.6 is 0 Å². The number of anilines is 1. The van der Waals surface area contributed by atoms with Gasteiger partial charge in [0.2, 0.25) is 0 Å². The maximum Gasteiger partial charge on any atom is 0.296 e. The van der Waals surface area contributed by atoms with Gasteiger partial charge in [0, 0.05) is 13.0 Å². The van der Waals surface area contributed by atoms with E-state index in [0.717, 1.165) is 12.0 Å². The van der Waals surface area contributed by atoms with Crippen molar-refractivity contribution in [2.75, 3.05) is 11.9 Å². The third-order valence-corrected chi connectivity index (χ3v) is 4.56. The zero-order valence-electron chi connectivity index (χ0n) is 12.3. The molecule has 0 fully saturated rings. The van der Waals surface area contributed by atoms with Crippen LogP contribution in [-0.4, -0.2) is 40.1 Å². The normalized spacial score (nSPS) is 16.9. The molecule has 0 saturated carbocycles. The van der Waals surface area contributed by atoms with Crippen LogP contribution in [0.15, 0.2) is 17.0 Å². The van der Waals surface area contributed by atoms with Gasteiger partial charge in [0.25, 0.3) is 10.1 Å². The number of aromatic amines is 1. The standard InChI is InChI=1S/C13H17N5O3S/c1-13(2)6-9-3-8(5-11-15-17-18-16-11)4-10(22(19,20)21)12(9)14-7-13/h3-4,14H,5-7H2,1-2H3,(H,19,20,21)(H,15,16,17,18). The summed E-state index contributed by atoms with van der Waals surface area (Å²) in [6.45, 7) is 4.84. The van der Waals surface area contributed by atoms with Gasteiger partial charge in [-0.1, -0.05) is 25.1 Å². The molecule has 3 rings (SSSR count). The minimum Gasteiger partial charge on any atom is -0.383 e. The van der Waals surface area contributed by atoms with E-state index in [4.69, 9.17) is 0 Å². The first kappa shape index (κ1) is 14.9. The Morgan fingerprint density at radius 3 is 2.77 bits per heavy atom. The lowest BCUT2D eigenvalue weighted by atomic mass is 9.81. The summed E-state index contributed by atoms with van der Waals surface area (Å²) in [6, 6.07) is 3.38. The molecular weight excluding hydrogens is 306 g/mol. The van der Waals surface area contributed by atoms with E-state index in [1.54, 1.807) is 0 Å². The van der Waals surface area contributed by atoms with E-state index in [9.17, 15) is 13.0 Å². The zero-order valence-corrected chi connectivity index (χ0v) is 13.1. The van der Waals surface area contributed by atoms with Crippen LogP contribution in [0.1, 0.15) is 30.8 Å². The molecule has 0 unspecified atom stereocenters. The van der Waals surface area contributed by atoms with Crippen molar-refractivity contribution in [1.29, 1.82) is 0 Å². The largest absolute Gasteiger partial charge is 0.383 e. The maximum atomic E-state index is 11.7. The lowest BCUT2D eigenvalue weighted by Crippen LogP contribution is -2.31. The van der Waals surface area contributed by atoms with Crippen LogP contribution in [0.25, 0.3) is 0 Å². The summed E-state index contributed by atoms with van der Waals surface area (Å²) < 4.78 is 32.9. The number of tetrazole rings is 1. The summed E-state index contributed by atoms with van der Waals surface area (Å²) in [5.74, 6) is 0.462. The minimum atomic E-state index is -4.31. The van der Waals surface area contributed by atoms with E-state index in [1.807, 2.05) is 6.07 Å². The fourth-order valence-electron chi connectivity index (χ4n) is 2.73. The predicted molar refractivity (Wildman–Crippen MR) is 79.2 cm³/mol. The van der Waals surface area contributed by atoms with Gasteiger partial charge in [-0.3, -0.25) is 4.55 Å². The van der Waals surface area contributed by atoms with Crippen molar-refractivity contribution >= 4 is 15.8 Å². The number of nitrogens with one attached hydrogen (secondary N) is 2. The van der Waals surface area contributed by atoms with E-state index in [2.05, 4.69) is 39.8 Å². The second-order valence-corrected chi connectivity index (χ2v) is 7.69. The number of benzene rings is 1. The molecule has 1 aromatic carbocycles. The Bertz CT molecular complexity index is 799. The monoisotopic (exact) mass is 323 g/mol. The number of fused-ring (bicyclic) bond motifs is 1. The van der Waals surface area contributed by atoms with Crippen molar-refractivity contribution < 1.29 is 13.0 Å². The Labute approximate surface area is 128 Å². The topological polar surface area (TPSA) is 121 Å². The Morgan fingerprint density at radius 2 is 2.14 bits per heavy atom. The van der Waals surface area contributed by atoms with Gasteiger partial charge in [-0.25, -0.2) is 0 Å². The first-order chi connectivity index (χ1) is 10.2. The number of rotatable bonds is 3. The van der Waals surface area contributed by atoms with E-state index >= 15 is 0 Å². The smallest absolute Gasteiger partial charge is 0.296 e. The van der Waals surface area contributed by atoms with Crippen molar-refractivity contribution in [1.82, 2.24) is 20.6 Å². The Morgan fingerprint density at radius 1 is 1.36 bits per heavy atom. The number of H-pyrrole nitrogens is 1. The van der Waals surface area contributed by atoms with Crippen molar-refractivity contribution in [3.63, 3.8) is 0 Å². The highest BCUT2D eigenvalue weighted by Gasteiger charge is 2.30. The highest BCUT2D eigenvalue weighted by atomic mass is 32.2. The molecule has 118 valence electrons.